The van der Waals surface area contributed by atoms with Gasteiger partial charge in [-0.05, 0) is 31.0 Å². The molecule has 0 aliphatic rings. The van der Waals surface area contributed by atoms with Crippen molar-refractivity contribution in [3.63, 3.8) is 0 Å². The van der Waals surface area contributed by atoms with E-state index in [4.69, 9.17) is 5.11 Å². The van der Waals surface area contributed by atoms with Crippen LogP contribution in [-0.2, 0) is 11.2 Å². The maximum absolute atomic E-state index is 10.7. The molecule has 1 heterocycles. The minimum Gasteiger partial charge on any atom is -0.480 e. The van der Waals surface area contributed by atoms with Crippen LogP contribution in [0.4, 0.5) is 0 Å². The number of rotatable bonds is 4. The topological polar surface area (TPSA) is 49.3 Å². The Balaban J connectivity index is 2.67. The molecule has 1 rings (SSSR count). The van der Waals surface area contributed by atoms with Gasteiger partial charge in [0.2, 0.25) is 0 Å². The molecule has 4 heteroatoms. The molecule has 0 aliphatic carbocycles. The number of likely N-dealkylation sites (N-methyl/N-ethyl adjacent to an activating group) is 1. The Kier molecular flexibility index (Phi) is 3.45. The van der Waals surface area contributed by atoms with Crippen LogP contribution in [0, 0.1) is 6.92 Å². The maximum atomic E-state index is 10.7. The fraction of sp³-hybridized carbons (Fsp3) is 0.444. The molecular formula is C9H13NO2S. The number of nitrogens with one attached hydrogen (secondary N) is 1. The van der Waals surface area contributed by atoms with E-state index < -0.39 is 12.0 Å². The second kappa shape index (κ2) is 4.39. The average molecular weight is 199 g/mol. The Hall–Kier alpha value is -0.870. The highest BCUT2D eigenvalue weighted by atomic mass is 32.1. The van der Waals surface area contributed by atoms with Gasteiger partial charge in [-0.1, -0.05) is 0 Å². The zero-order chi connectivity index (χ0) is 9.84. The fourth-order valence-corrected chi connectivity index (χ4v) is 2.06. The molecule has 0 amide bonds. The van der Waals surface area contributed by atoms with Crippen molar-refractivity contribution < 1.29 is 9.90 Å². The van der Waals surface area contributed by atoms with Gasteiger partial charge in [0.1, 0.15) is 6.04 Å². The van der Waals surface area contributed by atoms with Crippen LogP contribution in [0.15, 0.2) is 11.4 Å². The molecule has 1 aromatic rings. The number of hydrogen-bond donors (Lipinski definition) is 2. The Morgan fingerprint density at radius 2 is 2.46 bits per heavy atom. The zero-order valence-corrected chi connectivity index (χ0v) is 8.52. The van der Waals surface area contributed by atoms with Gasteiger partial charge in [-0.15, -0.1) is 11.3 Å². The van der Waals surface area contributed by atoms with E-state index in [1.807, 2.05) is 18.4 Å². The van der Waals surface area contributed by atoms with Gasteiger partial charge in [0, 0.05) is 11.3 Å². The van der Waals surface area contributed by atoms with Crippen LogP contribution >= 0.6 is 11.3 Å². The van der Waals surface area contributed by atoms with E-state index in [9.17, 15) is 4.79 Å². The summed E-state index contributed by atoms with van der Waals surface area (Å²) < 4.78 is 0. The van der Waals surface area contributed by atoms with Crippen LogP contribution in [0.5, 0.6) is 0 Å². The number of aryl methyl sites for hydroxylation is 1. The van der Waals surface area contributed by atoms with E-state index >= 15 is 0 Å². The number of hydrogen-bond acceptors (Lipinski definition) is 3. The van der Waals surface area contributed by atoms with Gasteiger partial charge >= 0.3 is 5.97 Å². The van der Waals surface area contributed by atoms with Crippen molar-refractivity contribution in [2.75, 3.05) is 7.05 Å². The molecule has 0 bridgehead atoms. The SMILES string of the molecule is CNC(Cc1sccc1C)C(=O)O. The summed E-state index contributed by atoms with van der Waals surface area (Å²) in [7, 11) is 1.67. The van der Waals surface area contributed by atoms with Crippen molar-refractivity contribution in [1.82, 2.24) is 5.32 Å². The van der Waals surface area contributed by atoms with Gasteiger partial charge in [0.25, 0.3) is 0 Å². The molecule has 0 saturated heterocycles. The highest BCUT2D eigenvalue weighted by molar-refractivity contribution is 7.10. The third-order valence-electron chi connectivity index (χ3n) is 2.00. The molecule has 1 atom stereocenters. The summed E-state index contributed by atoms with van der Waals surface area (Å²) in [5.74, 6) is -0.796. The number of carboxylic acid groups (broad SMARTS) is 1. The van der Waals surface area contributed by atoms with E-state index in [-0.39, 0.29) is 0 Å². The second-order valence-electron chi connectivity index (χ2n) is 2.91. The Bertz CT molecular complexity index is 296. The zero-order valence-electron chi connectivity index (χ0n) is 7.70. The number of carboxylic acids is 1. The predicted octanol–water partition coefficient (Wildman–Crippen LogP) is 1.27. The smallest absolute Gasteiger partial charge is 0.321 e. The third-order valence-corrected chi connectivity index (χ3v) is 3.05. The number of thiophene rings is 1. The standard InChI is InChI=1S/C9H13NO2S/c1-6-3-4-13-8(6)5-7(10-2)9(11)12/h3-4,7,10H,5H2,1-2H3,(H,11,12). The van der Waals surface area contributed by atoms with Crippen molar-refractivity contribution in [2.45, 2.75) is 19.4 Å². The molecule has 0 aliphatic heterocycles. The molecule has 1 aromatic heterocycles. The van der Waals surface area contributed by atoms with Crippen LogP contribution in [0.25, 0.3) is 0 Å². The Labute approximate surface area is 81.4 Å². The van der Waals surface area contributed by atoms with Gasteiger partial charge in [-0.3, -0.25) is 4.79 Å². The van der Waals surface area contributed by atoms with Crippen LogP contribution in [0.3, 0.4) is 0 Å². The first-order valence-electron chi connectivity index (χ1n) is 4.08. The monoisotopic (exact) mass is 199 g/mol. The van der Waals surface area contributed by atoms with Crippen LogP contribution in [0.2, 0.25) is 0 Å². The van der Waals surface area contributed by atoms with Crippen molar-refractivity contribution >= 4 is 17.3 Å². The van der Waals surface area contributed by atoms with Gasteiger partial charge < -0.3 is 10.4 Å². The van der Waals surface area contributed by atoms with Gasteiger partial charge in [-0.25, -0.2) is 0 Å². The summed E-state index contributed by atoms with van der Waals surface area (Å²) in [6, 6.07) is 1.53. The normalized spacial score (nSPS) is 12.8. The predicted molar refractivity (Wildman–Crippen MR) is 53.2 cm³/mol. The van der Waals surface area contributed by atoms with E-state index in [1.165, 1.54) is 5.56 Å². The first-order chi connectivity index (χ1) is 6.15. The lowest BCUT2D eigenvalue weighted by molar-refractivity contribution is -0.139. The first kappa shape index (κ1) is 10.2. The highest BCUT2D eigenvalue weighted by Crippen LogP contribution is 2.17. The van der Waals surface area contributed by atoms with Crippen LogP contribution in [-0.4, -0.2) is 24.2 Å². The molecule has 72 valence electrons. The first-order valence-corrected chi connectivity index (χ1v) is 4.96. The minimum absolute atomic E-state index is 0.475. The molecule has 1 unspecified atom stereocenters. The molecule has 0 spiro atoms. The van der Waals surface area contributed by atoms with Crippen LogP contribution < -0.4 is 5.32 Å². The number of aliphatic carboxylic acids is 1. The summed E-state index contributed by atoms with van der Waals surface area (Å²) in [5.41, 5.74) is 1.17. The largest absolute Gasteiger partial charge is 0.480 e. The van der Waals surface area contributed by atoms with Gasteiger partial charge in [0.05, 0.1) is 0 Å². The van der Waals surface area contributed by atoms with Gasteiger partial charge in [-0.2, -0.15) is 0 Å². The van der Waals surface area contributed by atoms with Crippen molar-refractivity contribution in [1.29, 1.82) is 0 Å². The minimum atomic E-state index is -0.796. The lowest BCUT2D eigenvalue weighted by atomic mass is 10.1. The number of carbonyl (C=O) groups is 1. The quantitative estimate of drug-likeness (QED) is 0.767. The third kappa shape index (κ3) is 2.54. The second-order valence-corrected chi connectivity index (χ2v) is 3.91. The summed E-state index contributed by atoms with van der Waals surface area (Å²) in [6.07, 6.45) is 0.565. The van der Waals surface area contributed by atoms with E-state index in [1.54, 1.807) is 18.4 Å². The lowest BCUT2D eigenvalue weighted by Gasteiger charge is -2.09. The summed E-state index contributed by atoms with van der Waals surface area (Å²) >= 11 is 1.61. The molecular weight excluding hydrogens is 186 g/mol. The maximum Gasteiger partial charge on any atom is 0.321 e. The summed E-state index contributed by atoms with van der Waals surface area (Å²) in [5, 5.41) is 13.6. The molecule has 2 N–H and O–H groups in total. The van der Waals surface area contributed by atoms with E-state index in [0.29, 0.717) is 6.42 Å². The molecule has 0 saturated carbocycles. The van der Waals surface area contributed by atoms with Crippen molar-refractivity contribution in [2.24, 2.45) is 0 Å². The molecule has 0 aromatic carbocycles. The average Bonchev–Trinajstić information content (AvgIpc) is 2.46. The Morgan fingerprint density at radius 1 is 1.77 bits per heavy atom. The molecule has 13 heavy (non-hydrogen) atoms. The highest BCUT2D eigenvalue weighted by Gasteiger charge is 2.16. The van der Waals surface area contributed by atoms with E-state index in [2.05, 4.69) is 5.32 Å². The van der Waals surface area contributed by atoms with E-state index in [0.717, 1.165) is 4.88 Å². The Morgan fingerprint density at radius 3 is 2.85 bits per heavy atom. The molecule has 0 fully saturated rings. The van der Waals surface area contributed by atoms with Crippen molar-refractivity contribution in [3.05, 3.63) is 21.9 Å². The lowest BCUT2D eigenvalue weighted by Crippen LogP contribution is -2.35. The fourth-order valence-electron chi connectivity index (χ4n) is 1.11. The van der Waals surface area contributed by atoms with Crippen molar-refractivity contribution in [3.8, 4) is 0 Å². The summed E-state index contributed by atoms with van der Waals surface area (Å²) in [4.78, 5) is 11.9. The summed E-state index contributed by atoms with van der Waals surface area (Å²) in [6.45, 7) is 2.00. The molecule has 0 radical (unpaired) electrons. The van der Waals surface area contributed by atoms with Crippen LogP contribution in [0.1, 0.15) is 10.4 Å². The molecule has 3 nitrogen and oxygen atoms in total. The van der Waals surface area contributed by atoms with Gasteiger partial charge in [0.15, 0.2) is 0 Å².